The molecule has 5 rings (SSSR count). The molecule has 0 spiro atoms. The van der Waals surface area contributed by atoms with Crippen LogP contribution in [-0.4, -0.2) is 35.2 Å². The molecule has 2 aromatic carbocycles. The molecule has 0 bridgehead atoms. The van der Waals surface area contributed by atoms with E-state index in [1.165, 1.54) is 29.5 Å². The van der Waals surface area contributed by atoms with Crippen LogP contribution in [0.2, 0.25) is 5.02 Å². The lowest BCUT2D eigenvalue weighted by molar-refractivity contribution is 0.0834. The predicted octanol–water partition coefficient (Wildman–Crippen LogP) is 5.03. The van der Waals surface area contributed by atoms with Gasteiger partial charge in [-0.3, -0.25) is 14.6 Å². The van der Waals surface area contributed by atoms with Crippen molar-refractivity contribution in [1.82, 2.24) is 9.80 Å². The van der Waals surface area contributed by atoms with Crippen LogP contribution in [-0.2, 0) is 19.6 Å². The molecule has 2 aromatic rings. The zero-order valence-corrected chi connectivity index (χ0v) is 18.6. The quantitative estimate of drug-likeness (QED) is 0.599. The Labute approximate surface area is 189 Å². The van der Waals surface area contributed by atoms with E-state index < -0.39 is 0 Å². The number of fused-ring (bicyclic) bond motifs is 1. The largest absolute Gasteiger partial charge is 0.299 e. The van der Waals surface area contributed by atoms with E-state index in [0.717, 1.165) is 68.6 Å². The molecule has 0 atom stereocenters. The van der Waals surface area contributed by atoms with E-state index in [9.17, 15) is 4.79 Å². The number of rotatable bonds is 6. The smallest absolute Gasteiger partial charge is 0.166 e. The van der Waals surface area contributed by atoms with Crippen LogP contribution in [0.15, 0.2) is 36.4 Å². The third-order valence-electron chi connectivity index (χ3n) is 7.01. The molecule has 2 fully saturated rings. The van der Waals surface area contributed by atoms with Gasteiger partial charge in [0.1, 0.15) is 0 Å². The first-order valence-corrected chi connectivity index (χ1v) is 11.8. The number of hydrogen-bond donors (Lipinski definition) is 0. The van der Waals surface area contributed by atoms with Gasteiger partial charge < -0.3 is 0 Å². The summed E-state index contributed by atoms with van der Waals surface area (Å²) in [5.74, 6) is 1.20. The Morgan fingerprint density at radius 3 is 2.45 bits per heavy atom. The van der Waals surface area contributed by atoms with Gasteiger partial charge in [0.15, 0.2) is 5.78 Å². The van der Waals surface area contributed by atoms with E-state index in [1.54, 1.807) is 0 Å². The molecule has 2 heterocycles. The number of benzene rings is 2. The minimum atomic E-state index is 0.0790. The molecule has 2 aliphatic heterocycles. The van der Waals surface area contributed by atoms with E-state index in [4.69, 9.17) is 16.9 Å². The van der Waals surface area contributed by atoms with Crippen molar-refractivity contribution < 1.29 is 4.79 Å². The van der Waals surface area contributed by atoms with Crippen molar-refractivity contribution in [3.63, 3.8) is 0 Å². The summed E-state index contributed by atoms with van der Waals surface area (Å²) in [4.78, 5) is 18.1. The molecule has 5 heteroatoms. The highest BCUT2D eigenvalue weighted by atomic mass is 35.5. The van der Waals surface area contributed by atoms with E-state index in [0.29, 0.717) is 5.56 Å². The average Bonchev–Trinajstić information content (AvgIpc) is 3.50. The number of carbonyl (C=O) groups excluding carboxylic acids is 1. The van der Waals surface area contributed by atoms with Gasteiger partial charge in [-0.2, -0.15) is 5.26 Å². The second-order valence-corrected chi connectivity index (χ2v) is 9.84. The summed E-state index contributed by atoms with van der Waals surface area (Å²) in [7, 11) is 0. The minimum Gasteiger partial charge on any atom is -0.299 e. The number of halogens is 1. The minimum absolute atomic E-state index is 0.0790. The molecule has 31 heavy (non-hydrogen) atoms. The van der Waals surface area contributed by atoms with E-state index in [2.05, 4.69) is 21.9 Å². The fourth-order valence-electron chi connectivity index (χ4n) is 5.00. The number of likely N-dealkylation sites (tertiary alicyclic amines) is 1. The zero-order chi connectivity index (χ0) is 21.4. The van der Waals surface area contributed by atoms with Gasteiger partial charge in [0, 0.05) is 42.7 Å². The van der Waals surface area contributed by atoms with Gasteiger partial charge in [0.25, 0.3) is 0 Å². The van der Waals surface area contributed by atoms with Crippen LogP contribution < -0.4 is 0 Å². The Morgan fingerprint density at radius 2 is 1.77 bits per heavy atom. The lowest BCUT2D eigenvalue weighted by Crippen LogP contribution is -2.36. The summed E-state index contributed by atoms with van der Waals surface area (Å²) in [5.41, 5.74) is 5.16. The third-order valence-corrected chi connectivity index (χ3v) is 7.35. The second-order valence-electron chi connectivity index (χ2n) is 9.43. The molecule has 3 aliphatic rings. The predicted molar refractivity (Wildman–Crippen MR) is 122 cm³/mol. The van der Waals surface area contributed by atoms with Crippen LogP contribution in [0.1, 0.15) is 58.3 Å². The van der Waals surface area contributed by atoms with Crippen LogP contribution >= 0.6 is 11.6 Å². The summed E-state index contributed by atoms with van der Waals surface area (Å²) < 4.78 is 0. The molecule has 0 amide bonds. The Kier molecular flexibility index (Phi) is 5.84. The van der Waals surface area contributed by atoms with Gasteiger partial charge in [0.2, 0.25) is 0 Å². The average molecular weight is 434 g/mol. The summed E-state index contributed by atoms with van der Waals surface area (Å²) in [5, 5.41) is 9.70. The van der Waals surface area contributed by atoms with Crippen molar-refractivity contribution in [3.05, 3.63) is 69.2 Å². The highest BCUT2D eigenvalue weighted by Gasteiger charge is 2.31. The standard InChI is InChI=1S/C26H28ClN3O/c27-25-12-22(11-23-16-30(17-24(23)25)15-20-5-6-20)26(31)21-7-9-29(10-8-21)14-19-3-1-18(13-28)2-4-19/h1-4,11-12,20-21H,5-10,14-17H2. The second kappa shape index (κ2) is 8.74. The number of carbonyl (C=O) groups is 1. The van der Waals surface area contributed by atoms with Crippen molar-refractivity contribution in [2.75, 3.05) is 19.6 Å². The van der Waals surface area contributed by atoms with E-state index in [-0.39, 0.29) is 11.7 Å². The molecule has 0 aromatic heterocycles. The summed E-state index contributed by atoms with van der Waals surface area (Å²) in [6, 6.07) is 14.0. The van der Waals surface area contributed by atoms with Crippen LogP contribution in [0.3, 0.4) is 0 Å². The maximum atomic E-state index is 13.2. The number of nitriles is 1. The maximum Gasteiger partial charge on any atom is 0.166 e. The van der Waals surface area contributed by atoms with Crippen LogP contribution in [0.25, 0.3) is 0 Å². The SMILES string of the molecule is N#Cc1ccc(CN2CCC(C(=O)c3cc(Cl)c4c(c3)CN(CC3CC3)C4)CC2)cc1. The summed E-state index contributed by atoms with van der Waals surface area (Å²) >= 11 is 6.60. The van der Waals surface area contributed by atoms with Crippen molar-refractivity contribution in [2.45, 2.75) is 45.3 Å². The van der Waals surface area contributed by atoms with Crippen molar-refractivity contribution >= 4 is 17.4 Å². The third kappa shape index (κ3) is 4.70. The molecule has 0 unspecified atom stereocenters. The van der Waals surface area contributed by atoms with Crippen LogP contribution in [0.4, 0.5) is 0 Å². The van der Waals surface area contributed by atoms with Crippen LogP contribution in [0.5, 0.6) is 0 Å². The highest BCUT2D eigenvalue weighted by molar-refractivity contribution is 6.32. The lowest BCUT2D eigenvalue weighted by atomic mass is 9.88. The Balaban J connectivity index is 1.19. The molecule has 0 radical (unpaired) electrons. The van der Waals surface area contributed by atoms with Gasteiger partial charge in [-0.25, -0.2) is 0 Å². The first kappa shape index (κ1) is 20.7. The number of hydrogen-bond acceptors (Lipinski definition) is 4. The number of Topliss-reactive ketones (excluding diaryl/α,β-unsaturated/α-hetero) is 1. The van der Waals surface area contributed by atoms with Crippen molar-refractivity contribution in [2.24, 2.45) is 11.8 Å². The molecular weight excluding hydrogens is 406 g/mol. The van der Waals surface area contributed by atoms with Gasteiger partial charge >= 0.3 is 0 Å². The summed E-state index contributed by atoms with van der Waals surface area (Å²) in [6.07, 6.45) is 4.48. The van der Waals surface area contributed by atoms with Gasteiger partial charge in [-0.1, -0.05) is 23.7 Å². The molecule has 4 nitrogen and oxygen atoms in total. The number of nitrogens with zero attached hydrogens (tertiary/aromatic N) is 3. The van der Waals surface area contributed by atoms with Crippen molar-refractivity contribution in [3.8, 4) is 6.07 Å². The molecule has 1 aliphatic carbocycles. The van der Waals surface area contributed by atoms with Crippen molar-refractivity contribution in [1.29, 1.82) is 5.26 Å². The molecular formula is C26H28ClN3O. The number of ketones is 1. The van der Waals surface area contributed by atoms with Gasteiger partial charge in [0.05, 0.1) is 11.6 Å². The molecule has 1 saturated heterocycles. The topological polar surface area (TPSA) is 47.3 Å². The summed E-state index contributed by atoms with van der Waals surface area (Å²) in [6.45, 7) is 5.72. The first-order chi connectivity index (χ1) is 15.1. The monoisotopic (exact) mass is 433 g/mol. The fraction of sp³-hybridized carbons (Fsp3) is 0.462. The lowest BCUT2D eigenvalue weighted by Gasteiger charge is -2.31. The molecule has 1 saturated carbocycles. The Hall–Kier alpha value is -2.19. The zero-order valence-electron chi connectivity index (χ0n) is 17.8. The maximum absolute atomic E-state index is 13.2. The van der Waals surface area contributed by atoms with Crippen LogP contribution in [0, 0.1) is 23.2 Å². The first-order valence-electron chi connectivity index (χ1n) is 11.4. The number of piperidine rings is 1. The molecule has 160 valence electrons. The molecule has 0 N–H and O–H groups in total. The Morgan fingerprint density at radius 1 is 1.03 bits per heavy atom. The van der Waals surface area contributed by atoms with E-state index in [1.807, 2.05) is 30.3 Å². The van der Waals surface area contributed by atoms with Gasteiger partial charge in [-0.05, 0) is 85.6 Å². The normalized spacial score (nSPS) is 19.9. The highest BCUT2D eigenvalue weighted by Crippen LogP contribution is 2.36. The Bertz CT molecular complexity index is 1010. The fourth-order valence-corrected chi connectivity index (χ4v) is 5.30. The van der Waals surface area contributed by atoms with E-state index >= 15 is 0 Å². The van der Waals surface area contributed by atoms with Gasteiger partial charge in [-0.15, -0.1) is 0 Å².